The predicted octanol–water partition coefficient (Wildman–Crippen LogP) is 3.18. The van der Waals surface area contributed by atoms with Crippen molar-refractivity contribution in [2.75, 3.05) is 0 Å². The molecular formula is C23H24N4O2. The molecule has 0 fully saturated rings. The zero-order chi connectivity index (χ0) is 20.2. The number of aryl methyl sites for hydroxylation is 2. The van der Waals surface area contributed by atoms with Crippen molar-refractivity contribution in [3.8, 4) is 0 Å². The van der Waals surface area contributed by atoms with Crippen LogP contribution in [0.2, 0.25) is 0 Å². The highest BCUT2D eigenvalue weighted by molar-refractivity contribution is 5.77. The molecule has 4 rings (SSSR count). The Morgan fingerprint density at radius 1 is 1.07 bits per heavy atom. The van der Waals surface area contributed by atoms with Gasteiger partial charge in [-0.1, -0.05) is 30.3 Å². The van der Waals surface area contributed by atoms with Gasteiger partial charge in [0.05, 0.1) is 5.52 Å². The molecule has 3 aromatic heterocycles. The number of rotatable bonds is 7. The van der Waals surface area contributed by atoms with E-state index in [0.717, 1.165) is 18.4 Å². The molecule has 0 saturated carbocycles. The van der Waals surface area contributed by atoms with Crippen molar-refractivity contribution in [3.63, 3.8) is 0 Å². The zero-order valence-electron chi connectivity index (χ0n) is 16.4. The maximum Gasteiger partial charge on any atom is 0.276 e. The van der Waals surface area contributed by atoms with Crippen molar-refractivity contribution in [2.24, 2.45) is 0 Å². The Bertz CT molecular complexity index is 1190. The van der Waals surface area contributed by atoms with Crippen LogP contribution in [0.3, 0.4) is 0 Å². The fourth-order valence-corrected chi connectivity index (χ4v) is 3.65. The Labute approximate surface area is 168 Å². The smallest absolute Gasteiger partial charge is 0.276 e. The second-order valence-corrected chi connectivity index (χ2v) is 7.31. The van der Waals surface area contributed by atoms with E-state index in [-0.39, 0.29) is 23.9 Å². The Hall–Kier alpha value is -3.41. The number of aromatic nitrogens is 3. The summed E-state index contributed by atoms with van der Waals surface area (Å²) in [5.41, 5.74) is 3.15. The predicted molar refractivity (Wildman–Crippen MR) is 114 cm³/mol. The number of carbonyl (C=O) groups is 1. The second-order valence-electron chi connectivity index (χ2n) is 7.31. The summed E-state index contributed by atoms with van der Waals surface area (Å²) >= 11 is 0. The average Bonchev–Trinajstić information content (AvgIpc) is 3.23. The van der Waals surface area contributed by atoms with Crippen LogP contribution in [0, 0.1) is 0 Å². The standard InChI is InChI=1S/C23H24N4O2/c1-17(11-12-18-7-3-2-4-8-18)25-21(28)13-16-27-22-19(9-5-14-24-22)26-15-6-10-20(26)23(27)29/h2-10,14-15,17H,11-13,16H2,1H3,(H,25,28)/t17-/m0/s1. The van der Waals surface area contributed by atoms with Crippen molar-refractivity contribution in [1.29, 1.82) is 0 Å². The number of fused-ring (bicyclic) bond motifs is 3. The Kier molecular flexibility index (Phi) is 5.42. The Morgan fingerprint density at radius 3 is 2.69 bits per heavy atom. The lowest BCUT2D eigenvalue weighted by Gasteiger charge is -2.15. The Morgan fingerprint density at radius 2 is 1.86 bits per heavy atom. The molecule has 0 aliphatic carbocycles. The van der Waals surface area contributed by atoms with Gasteiger partial charge in [0.15, 0.2) is 5.65 Å². The highest BCUT2D eigenvalue weighted by Gasteiger charge is 2.13. The van der Waals surface area contributed by atoms with Gasteiger partial charge in [0, 0.05) is 31.4 Å². The average molecular weight is 388 g/mol. The summed E-state index contributed by atoms with van der Waals surface area (Å²) in [6.07, 6.45) is 5.54. The largest absolute Gasteiger partial charge is 0.354 e. The normalized spacial score (nSPS) is 12.3. The van der Waals surface area contributed by atoms with Gasteiger partial charge in [-0.05, 0) is 49.6 Å². The summed E-state index contributed by atoms with van der Waals surface area (Å²) in [7, 11) is 0. The first-order valence-corrected chi connectivity index (χ1v) is 9.91. The van der Waals surface area contributed by atoms with Gasteiger partial charge in [-0.2, -0.15) is 0 Å². The van der Waals surface area contributed by atoms with E-state index in [0.29, 0.717) is 17.7 Å². The monoisotopic (exact) mass is 388 g/mol. The van der Waals surface area contributed by atoms with E-state index in [1.807, 2.05) is 53.9 Å². The molecule has 0 radical (unpaired) electrons. The van der Waals surface area contributed by atoms with Gasteiger partial charge in [-0.25, -0.2) is 4.98 Å². The van der Waals surface area contributed by atoms with Gasteiger partial charge in [-0.3, -0.25) is 14.2 Å². The lowest BCUT2D eigenvalue weighted by Crippen LogP contribution is -2.34. The SMILES string of the molecule is C[C@@H](CCc1ccccc1)NC(=O)CCn1c(=O)c2cccn2c2cccnc21. The van der Waals surface area contributed by atoms with Crippen LogP contribution in [0.25, 0.3) is 16.7 Å². The summed E-state index contributed by atoms with van der Waals surface area (Å²) in [6, 6.07) is 17.7. The first-order valence-electron chi connectivity index (χ1n) is 9.91. The first kappa shape index (κ1) is 18.9. The number of pyridine rings is 1. The summed E-state index contributed by atoms with van der Waals surface area (Å²) in [4.78, 5) is 29.7. The zero-order valence-corrected chi connectivity index (χ0v) is 16.4. The third-order valence-electron chi connectivity index (χ3n) is 5.17. The number of hydrogen-bond donors (Lipinski definition) is 1. The van der Waals surface area contributed by atoms with E-state index in [1.54, 1.807) is 16.8 Å². The molecule has 1 N–H and O–H groups in total. The number of nitrogens with one attached hydrogen (secondary N) is 1. The minimum absolute atomic E-state index is 0.0585. The molecule has 1 atom stereocenters. The maximum atomic E-state index is 12.9. The van der Waals surface area contributed by atoms with Crippen LogP contribution in [0.4, 0.5) is 0 Å². The molecule has 1 amide bonds. The highest BCUT2D eigenvalue weighted by atomic mass is 16.2. The number of nitrogens with zero attached hydrogens (tertiary/aromatic N) is 3. The number of hydrogen-bond acceptors (Lipinski definition) is 3. The van der Waals surface area contributed by atoms with E-state index >= 15 is 0 Å². The molecule has 0 unspecified atom stereocenters. The van der Waals surface area contributed by atoms with Gasteiger partial charge >= 0.3 is 0 Å². The fraction of sp³-hybridized carbons (Fsp3) is 0.261. The van der Waals surface area contributed by atoms with Gasteiger partial charge in [0.2, 0.25) is 5.91 Å². The molecule has 3 heterocycles. The second kappa shape index (κ2) is 8.31. The van der Waals surface area contributed by atoms with Gasteiger partial charge in [0.1, 0.15) is 5.52 Å². The topological polar surface area (TPSA) is 68.4 Å². The molecule has 6 nitrogen and oxygen atoms in total. The van der Waals surface area contributed by atoms with Gasteiger partial charge in [0.25, 0.3) is 5.56 Å². The van der Waals surface area contributed by atoms with Gasteiger partial charge < -0.3 is 9.72 Å². The quantitative estimate of drug-likeness (QED) is 0.529. The molecule has 1 aromatic carbocycles. The molecule has 0 saturated heterocycles. The summed E-state index contributed by atoms with van der Waals surface area (Å²) in [5, 5.41) is 3.04. The third-order valence-corrected chi connectivity index (χ3v) is 5.17. The van der Waals surface area contributed by atoms with Crippen LogP contribution in [-0.4, -0.2) is 25.9 Å². The van der Waals surface area contributed by atoms with Crippen LogP contribution in [0.5, 0.6) is 0 Å². The minimum atomic E-state index is -0.133. The molecule has 0 bridgehead atoms. The van der Waals surface area contributed by atoms with Crippen LogP contribution < -0.4 is 10.9 Å². The maximum absolute atomic E-state index is 12.9. The summed E-state index contributed by atoms with van der Waals surface area (Å²) in [6.45, 7) is 2.31. The molecule has 4 aromatic rings. The lowest BCUT2D eigenvalue weighted by molar-refractivity contribution is -0.121. The van der Waals surface area contributed by atoms with Crippen LogP contribution >= 0.6 is 0 Å². The van der Waals surface area contributed by atoms with Crippen LogP contribution in [-0.2, 0) is 17.8 Å². The molecule has 0 spiro atoms. The van der Waals surface area contributed by atoms with Crippen LogP contribution in [0.15, 0.2) is 71.8 Å². The van der Waals surface area contributed by atoms with E-state index in [9.17, 15) is 9.59 Å². The van der Waals surface area contributed by atoms with Crippen molar-refractivity contribution in [2.45, 2.75) is 38.8 Å². The van der Waals surface area contributed by atoms with E-state index in [4.69, 9.17) is 0 Å². The third kappa shape index (κ3) is 4.06. The number of benzene rings is 1. The first-order chi connectivity index (χ1) is 14.1. The molecule has 6 heteroatoms. The highest BCUT2D eigenvalue weighted by Crippen LogP contribution is 2.13. The van der Waals surface area contributed by atoms with Gasteiger partial charge in [-0.15, -0.1) is 0 Å². The molecular weight excluding hydrogens is 364 g/mol. The van der Waals surface area contributed by atoms with Crippen molar-refractivity contribution < 1.29 is 4.79 Å². The Balaban J connectivity index is 1.43. The molecule has 0 aliphatic rings. The van der Waals surface area contributed by atoms with E-state index in [2.05, 4.69) is 22.4 Å². The lowest BCUT2D eigenvalue weighted by atomic mass is 10.1. The van der Waals surface area contributed by atoms with Crippen molar-refractivity contribution >= 4 is 22.6 Å². The van der Waals surface area contributed by atoms with Crippen molar-refractivity contribution in [1.82, 2.24) is 19.3 Å². The minimum Gasteiger partial charge on any atom is -0.354 e. The molecule has 29 heavy (non-hydrogen) atoms. The van der Waals surface area contributed by atoms with Crippen molar-refractivity contribution in [3.05, 3.63) is 82.9 Å². The molecule has 148 valence electrons. The molecule has 0 aliphatic heterocycles. The fourth-order valence-electron chi connectivity index (χ4n) is 3.65. The van der Waals surface area contributed by atoms with E-state index in [1.165, 1.54) is 5.56 Å². The summed E-state index contributed by atoms with van der Waals surface area (Å²) in [5.74, 6) is -0.0585. The number of carbonyl (C=O) groups excluding carboxylic acids is 1. The summed E-state index contributed by atoms with van der Waals surface area (Å²) < 4.78 is 3.44. The van der Waals surface area contributed by atoms with E-state index < -0.39 is 0 Å². The van der Waals surface area contributed by atoms with Crippen LogP contribution in [0.1, 0.15) is 25.3 Å². The number of amides is 1.